The molecule has 1 heterocycles. The van der Waals surface area contributed by atoms with E-state index in [1.165, 1.54) is 37.4 Å². The second-order valence-electron chi connectivity index (χ2n) is 5.46. The van der Waals surface area contributed by atoms with Gasteiger partial charge in [-0.2, -0.15) is 5.10 Å². The molecule has 0 saturated heterocycles. The Kier molecular flexibility index (Phi) is 4.70. The van der Waals surface area contributed by atoms with Crippen LogP contribution in [0.4, 0.5) is 4.39 Å². The first kappa shape index (κ1) is 16.6. The number of hydrogen-bond donors (Lipinski definition) is 0. The second kappa shape index (κ2) is 7.09. The molecule has 0 amide bonds. The number of para-hydroxylation sites is 1. The highest BCUT2D eigenvalue weighted by atomic mass is 19.1. The van der Waals surface area contributed by atoms with Crippen LogP contribution in [0.25, 0.3) is 16.9 Å². The van der Waals surface area contributed by atoms with Gasteiger partial charge in [0.05, 0.1) is 5.69 Å². The SMILES string of the molecule is CC(=O)COC(=O)c1cn(-c2ccccc2)nc1-c1ccc(F)cc1. The predicted molar refractivity (Wildman–Crippen MR) is 89.9 cm³/mol. The molecule has 2 aromatic carbocycles. The lowest BCUT2D eigenvalue weighted by Crippen LogP contribution is -2.11. The van der Waals surface area contributed by atoms with E-state index in [1.807, 2.05) is 30.3 Å². The summed E-state index contributed by atoms with van der Waals surface area (Å²) in [6, 6.07) is 14.9. The van der Waals surface area contributed by atoms with Crippen molar-refractivity contribution < 1.29 is 18.7 Å². The first-order valence-electron chi connectivity index (χ1n) is 7.62. The zero-order valence-electron chi connectivity index (χ0n) is 13.5. The van der Waals surface area contributed by atoms with Crippen LogP contribution in [0.3, 0.4) is 0 Å². The van der Waals surface area contributed by atoms with Crippen LogP contribution in [0.1, 0.15) is 17.3 Å². The minimum absolute atomic E-state index is 0.205. The maximum absolute atomic E-state index is 13.2. The highest BCUT2D eigenvalue weighted by Gasteiger charge is 2.20. The Morgan fingerprint density at radius 3 is 2.40 bits per heavy atom. The molecule has 3 aromatic rings. The lowest BCUT2D eigenvalue weighted by atomic mass is 10.1. The molecule has 1 aromatic heterocycles. The summed E-state index contributed by atoms with van der Waals surface area (Å²) in [5.74, 6) is -1.30. The summed E-state index contributed by atoms with van der Waals surface area (Å²) < 4.78 is 19.7. The van der Waals surface area contributed by atoms with Crippen molar-refractivity contribution >= 4 is 11.8 Å². The van der Waals surface area contributed by atoms with Gasteiger partial charge >= 0.3 is 5.97 Å². The van der Waals surface area contributed by atoms with E-state index >= 15 is 0 Å². The van der Waals surface area contributed by atoms with Crippen LogP contribution in [0.5, 0.6) is 0 Å². The third-order valence-corrected chi connectivity index (χ3v) is 3.48. The van der Waals surface area contributed by atoms with Gasteiger partial charge in [0.2, 0.25) is 0 Å². The maximum Gasteiger partial charge on any atom is 0.342 e. The van der Waals surface area contributed by atoms with E-state index in [0.29, 0.717) is 11.3 Å². The zero-order chi connectivity index (χ0) is 17.8. The van der Waals surface area contributed by atoms with Gasteiger partial charge in [-0.3, -0.25) is 4.79 Å². The minimum Gasteiger partial charge on any atom is -0.454 e. The van der Waals surface area contributed by atoms with Crippen molar-refractivity contribution in [2.75, 3.05) is 6.61 Å². The summed E-state index contributed by atoms with van der Waals surface area (Å²) in [7, 11) is 0. The molecule has 6 heteroatoms. The molecule has 3 rings (SSSR count). The van der Waals surface area contributed by atoms with Gasteiger partial charge in [0, 0.05) is 11.8 Å². The van der Waals surface area contributed by atoms with Gasteiger partial charge in [-0.25, -0.2) is 13.9 Å². The Hall–Kier alpha value is -3.28. The van der Waals surface area contributed by atoms with E-state index in [4.69, 9.17) is 4.74 Å². The number of esters is 1. The number of carbonyl (C=O) groups is 2. The third kappa shape index (κ3) is 3.80. The highest BCUT2D eigenvalue weighted by Crippen LogP contribution is 2.24. The largest absolute Gasteiger partial charge is 0.454 e. The lowest BCUT2D eigenvalue weighted by molar-refractivity contribution is -0.120. The van der Waals surface area contributed by atoms with Crippen LogP contribution < -0.4 is 0 Å². The quantitative estimate of drug-likeness (QED) is 0.669. The molecular weight excluding hydrogens is 323 g/mol. The number of carbonyl (C=O) groups excluding carboxylic acids is 2. The predicted octanol–water partition coefficient (Wildman–Crippen LogP) is 3.42. The van der Waals surface area contributed by atoms with E-state index in [9.17, 15) is 14.0 Å². The van der Waals surface area contributed by atoms with Crippen LogP contribution >= 0.6 is 0 Å². The smallest absolute Gasteiger partial charge is 0.342 e. The van der Waals surface area contributed by atoms with Crippen molar-refractivity contribution in [3.8, 4) is 16.9 Å². The molecule has 0 N–H and O–H groups in total. The fraction of sp³-hybridized carbons (Fsp3) is 0.105. The monoisotopic (exact) mass is 338 g/mol. The van der Waals surface area contributed by atoms with E-state index in [1.54, 1.807) is 4.68 Å². The summed E-state index contributed by atoms with van der Waals surface area (Å²) in [5.41, 5.74) is 1.90. The molecule has 0 aliphatic heterocycles. The van der Waals surface area contributed by atoms with Gasteiger partial charge in [0.25, 0.3) is 0 Å². The average Bonchev–Trinajstić information content (AvgIpc) is 3.06. The van der Waals surface area contributed by atoms with E-state index in [0.717, 1.165) is 5.69 Å². The van der Waals surface area contributed by atoms with Crippen LogP contribution in [0.15, 0.2) is 60.8 Å². The Morgan fingerprint density at radius 2 is 1.76 bits per heavy atom. The molecular formula is C19H15FN2O3. The number of rotatable bonds is 5. The first-order chi connectivity index (χ1) is 12.0. The van der Waals surface area contributed by atoms with Gasteiger partial charge < -0.3 is 4.74 Å². The summed E-state index contributed by atoms with van der Waals surface area (Å²) in [6.45, 7) is 1.03. The van der Waals surface area contributed by atoms with Crippen LogP contribution in [0, 0.1) is 5.82 Å². The van der Waals surface area contributed by atoms with Crippen molar-refractivity contribution in [1.29, 1.82) is 0 Å². The van der Waals surface area contributed by atoms with Gasteiger partial charge in [-0.1, -0.05) is 18.2 Å². The Labute approximate surface area is 143 Å². The van der Waals surface area contributed by atoms with Crippen LogP contribution in [-0.2, 0) is 9.53 Å². The number of nitrogens with zero attached hydrogens (tertiary/aromatic N) is 2. The van der Waals surface area contributed by atoms with Crippen LogP contribution in [-0.4, -0.2) is 28.1 Å². The van der Waals surface area contributed by atoms with Crippen molar-refractivity contribution in [2.24, 2.45) is 0 Å². The molecule has 0 fully saturated rings. The zero-order valence-corrected chi connectivity index (χ0v) is 13.5. The molecule has 0 aliphatic carbocycles. The number of hydrogen-bond acceptors (Lipinski definition) is 4. The Morgan fingerprint density at radius 1 is 1.08 bits per heavy atom. The van der Waals surface area contributed by atoms with Gasteiger partial charge in [-0.15, -0.1) is 0 Å². The highest BCUT2D eigenvalue weighted by molar-refractivity contribution is 5.97. The minimum atomic E-state index is -0.656. The molecule has 126 valence electrons. The molecule has 0 spiro atoms. The molecule has 0 aliphatic rings. The fourth-order valence-electron chi connectivity index (χ4n) is 2.30. The Bertz CT molecular complexity index is 902. The van der Waals surface area contributed by atoms with E-state index in [2.05, 4.69) is 5.10 Å². The second-order valence-corrected chi connectivity index (χ2v) is 5.46. The summed E-state index contributed by atoms with van der Waals surface area (Å²) >= 11 is 0. The number of Topliss-reactive ketones (excluding diaryl/α,β-unsaturated/α-hetero) is 1. The lowest BCUT2D eigenvalue weighted by Gasteiger charge is -2.03. The van der Waals surface area contributed by atoms with Gasteiger partial charge in [0.15, 0.2) is 5.78 Å². The number of aromatic nitrogens is 2. The molecule has 0 atom stereocenters. The number of ether oxygens (including phenoxy) is 1. The third-order valence-electron chi connectivity index (χ3n) is 3.48. The Balaban J connectivity index is 2.04. The van der Waals surface area contributed by atoms with Gasteiger partial charge in [-0.05, 0) is 43.3 Å². The number of ketones is 1. The topological polar surface area (TPSA) is 61.2 Å². The van der Waals surface area contributed by atoms with Crippen molar-refractivity contribution in [1.82, 2.24) is 9.78 Å². The van der Waals surface area contributed by atoms with E-state index < -0.39 is 5.97 Å². The molecule has 0 radical (unpaired) electrons. The molecule has 0 bridgehead atoms. The molecule has 0 saturated carbocycles. The molecule has 5 nitrogen and oxygen atoms in total. The summed E-state index contributed by atoms with van der Waals surface area (Å²) in [4.78, 5) is 23.4. The number of halogens is 1. The fourth-order valence-corrected chi connectivity index (χ4v) is 2.30. The van der Waals surface area contributed by atoms with Crippen molar-refractivity contribution in [2.45, 2.75) is 6.92 Å². The molecule has 25 heavy (non-hydrogen) atoms. The standard InChI is InChI=1S/C19H15FN2O3/c1-13(23)12-25-19(24)17-11-22(16-5-3-2-4-6-16)21-18(17)14-7-9-15(20)10-8-14/h2-11H,12H2,1H3. The average molecular weight is 338 g/mol. The normalized spacial score (nSPS) is 10.5. The van der Waals surface area contributed by atoms with Crippen LogP contribution in [0.2, 0.25) is 0 Å². The molecule has 0 unspecified atom stereocenters. The summed E-state index contributed by atoms with van der Waals surface area (Å²) in [6.07, 6.45) is 1.54. The van der Waals surface area contributed by atoms with Crippen molar-refractivity contribution in [3.63, 3.8) is 0 Å². The summed E-state index contributed by atoms with van der Waals surface area (Å²) in [5, 5.41) is 4.44. The first-order valence-corrected chi connectivity index (χ1v) is 7.62. The number of benzene rings is 2. The van der Waals surface area contributed by atoms with Crippen molar-refractivity contribution in [3.05, 3.63) is 72.2 Å². The van der Waals surface area contributed by atoms with Gasteiger partial charge in [0.1, 0.15) is 23.7 Å². The maximum atomic E-state index is 13.2. The van der Waals surface area contributed by atoms with E-state index in [-0.39, 0.29) is 23.8 Å².